The van der Waals surface area contributed by atoms with Crippen LogP contribution in [-0.2, 0) is 19.0 Å². The number of benzene rings is 1. The normalized spacial score (nSPS) is 13.1. The monoisotopic (exact) mass is 355 g/mol. The second kappa shape index (κ2) is 7.56. The van der Waals surface area contributed by atoms with Gasteiger partial charge in [-0.1, -0.05) is 57.0 Å². The lowest BCUT2D eigenvalue weighted by atomic mass is 9.91. The van der Waals surface area contributed by atoms with Crippen LogP contribution in [0.3, 0.4) is 0 Å². The van der Waals surface area contributed by atoms with Gasteiger partial charge in [0.15, 0.2) is 5.69 Å². The zero-order valence-electron chi connectivity index (χ0n) is 14.0. The average Bonchev–Trinajstić information content (AvgIpc) is 2.54. The van der Waals surface area contributed by atoms with Crippen molar-refractivity contribution in [2.24, 2.45) is 5.92 Å². The van der Waals surface area contributed by atoms with E-state index in [4.69, 9.17) is 11.6 Å². The summed E-state index contributed by atoms with van der Waals surface area (Å²) in [7, 11) is 0. The fourth-order valence-electron chi connectivity index (χ4n) is 2.76. The number of aromatic nitrogens is 1. The van der Waals surface area contributed by atoms with Gasteiger partial charge in [0.2, 0.25) is 0 Å². The van der Waals surface area contributed by atoms with E-state index < -0.39 is 11.9 Å². The molecular weight excluding hydrogens is 335 g/mol. The molecule has 2 rings (SSSR count). The Labute approximate surface area is 145 Å². The number of hydrogen-bond donors (Lipinski definition) is 0. The largest absolute Gasteiger partial charge is 0.434 e. The summed E-state index contributed by atoms with van der Waals surface area (Å²) in [4.78, 5) is 3.52. The average molecular weight is 356 g/mol. The maximum atomic E-state index is 13.3. The van der Waals surface area contributed by atoms with Gasteiger partial charge in [0.25, 0.3) is 0 Å². The molecular formula is C19H21ClF3N. The topological polar surface area (TPSA) is 12.9 Å². The van der Waals surface area contributed by atoms with Crippen molar-refractivity contribution in [1.29, 1.82) is 0 Å². The van der Waals surface area contributed by atoms with Gasteiger partial charge in [0.05, 0.1) is 5.02 Å². The van der Waals surface area contributed by atoms with Crippen LogP contribution in [0.15, 0.2) is 30.5 Å². The Morgan fingerprint density at radius 3 is 2.42 bits per heavy atom. The number of halogens is 4. The van der Waals surface area contributed by atoms with E-state index in [9.17, 15) is 13.2 Å². The molecule has 0 aliphatic heterocycles. The molecule has 0 fully saturated rings. The number of pyridine rings is 1. The third-order valence-corrected chi connectivity index (χ3v) is 4.62. The van der Waals surface area contributed by atoms with Crippen LogP contribution in [0.1, 0.15) is 44.0 Å². The van der Waals surface area contributed by atoms with E-state index in [1.165, 1.54) is 11.6 Å². The molecule has 2 aromatic rings. The van der Waals surface area contributed by atoms with Crippen molar-refractivity contribution in [2.75, 3.05) is 0 Å². The lowest BCUT2D eigenvalue weighted by Crippen LogP contribution is -2.10. The molecule has 1 aromatic heterocycles. The van der Waals surface area contributed by atoms with Gasteiger partial charge in [0, 0.05) is 11.8 Å². The molecule has 1 aromatic carbocycles. The van der Waals surface area contributed by atoms with Crippen LogP contribution in [0, 0.1) is 5.92 Å². The molecule has 0 aliphatic carbocycles. The SMILES string of the molecule is CCc1cc(-c2c(Cl)ccnc2C(F)(F)F)ccc1CC(C)CC. The second-order valence-corrected chi connectivity index (χ2v) is 6.48. The highest BCUT2D eigenvalue weighted by molar-refractivity contribution is 6.33. The molecule has 5 heteroatoms. The van der Waals surface area contributed by atoms with Crippen LogP contribution in [0.2, 0.25) is 5.02 Å². The van der Waals surface area contributed by atoms with Crippen LogP contribution in [0.4, 0.5) is 13.2 Å². The molecule has 0 bridgehead atoms. The van der Waals surface area contributed by atoms with Crippen LogP contribution in [0.25, 0.3) is 11.1 Å². The number of rotatable bonds is 5. The highest BCUT2D eigenvalue weighted by Crippen LogP contribution is 2.40. The first-order valence-corrected chi connectivity index (χ1v) is 8.49. The van der Waals surface area contributed by atoms with Crippen LogP contribution in [0.5, 0.6) is 0 Å². The Balaban J connectivity index is 2.55. The standard InChI is InChI=1S/C19H21ClF3N/c1-4-12(3)10-14-6-7-15(11-13(14)5-2)17-16(20)8-9-24-18(17)19(21,22)23/h6-9,11-12H,4-5,10H2,1-3H3. The van der Waals surface area contributed by atoms with Crippen molar-refractivity contribution in [1.82, 2.24) is 4.98 Å². The minimum atomic E-state index is -4.54. The quantitative estimate of drug-likeness (QED) is 0.591. The summed E-state index contributed by atoms with van der Waals surface area (Å²) < 4.78 is 39.8. The van der Waals surface area contributed by atoms with Gasteiger partial charge in [-0.3, -0.25) is 4.98 Å². The van der Waals surface area contributed by atoms with E-state index in [0.717, 1.165) is 31.0 Å². The molecule has 1 heterocycles. The maximum Gasteiger partial charge on any atom is 0.434 e. The molecule has 1 unspecified atom stereocenters. The molecule has 0 radical (unpaired) electrons. The van der Waals surface area contributed by atoms with E-state index in [2.05, 4.69) is 18.8 Å². The van der Waals surface area contributed by atoms with E-state index >= 15 is 0 Å². The number of hydrogen-bond acceptors (Lipinski definition) is 1. The fourth-order valence-corrected chi connectivity index (χ4v) is 3.01. The summed E-state index contributed by atoms with van der Waals surface area (Å²) in [6.07, 6.45) is -0.696. The van der Waals surface area contributed by atoms with Gasteiger partial charge in [-0.05, 0) is 41.5 Å². The van der Waals surface area contributed by atoms with Gasteiger partial charge in [-0.2, -0.15) is 13.2 Å². The van der Waals surface area contributed by atoms with E-state index in [1.54, 1.807) is 6.07 Å². The van der Waals surface area contributed by atoms with Crippen molar-refractivity contribution in [3.05, 3.63) is 52.3 Å². The molecule has 130 valence electrons. The van der Waals surface area contributed by atoms with E-state index in [0.29, 0.717) is 11.5 Å². The molecule has 0 saturated carbocycles. The molecule has 0 aliphatic rings. The summed E-state index contributed by atoms with van der Waals surface area (Å²) in [6.45, 7) is 6.32. The molecule has 0 saturated heterocycles. The first kappa shape index (κ1) is 18.8. The Morgan fingerprint density at radius 1 is 1.12 bits per heavy atom. The first-order chi connectivity index (χ1) is 11.3. The number of alkyl halides is 3. The predicted octanol–water partition coefficient (Wildman–Crippen LogP) is 6.57. The molecule has 0 amide bonds. The highest BCUT2D eigenvalue weighted by atomic mass is 35.5. The van der Waals surface area contributed by atoms with Crippen LogP contribution in [-0.4, -0.2) is 4.98 Å². The molecule has 1 nitrogen and oxygen atoms in total. The van der Waals surface area contributed by atoms with Crippen molar-refractivity contribution in [2.45, 2.75) is 46.2 Å². The number of nitrogens with zero attached hydrogens (tertiary/aromatic N) is 1. The van der Waals surface area contributed by atoms with Gasteiger partial charge in [-0.25, -0.2) is 0 Å². The first-order valence-electron chi connectivity index (χ1n) is 8.11. The predicted molar refractivity (Wildman–Crippen MR) is 92.2 cm³/mol. The van der Waals surface area contributed by atoms with Crippen LogP contribution >= 0.6 is 11.6 Å². The third kappa shape index (κ3) is 4.10. The van der Waals surface area contributed by atoms with Crippen molar-refractivity contribution in [3.8, 4) is 11.1 Å². The van der Waals surface area contributed by atoms with Crippen LogP contribution < -0.4 is 0 Å². The van der Waals surface area contributed by atoms with Gasteiger partial charge < -0.3 is 0 Å². The van der Waals surface area contributed by atoms with E-state index in [-0.39, 0.29) is 10.6 Å². The summed E-state index contributed by atoms with van der Waals surface area (Å²) in [5, 5.41) is 0.0639. The third-order valence-electron chi connectivity index (χ3n) is 4.31. The minimum absolute atomic E-state index is 0.0449. The molecule has 24 heavy (non-hydrogen) atoms. The Kier molecular flexibility index (Phi) is 5.92. The fraction of sp³-hybridized carbons (Fsp3) is 0.421. The zero-order chi connectivity index (χ0) is 17.9. The highest BCUT2D eigenvalue weighted by Gasteiger charge is 2.36. The van der Waals surface area contributed by atoms with Gasteiger partial charge in [-0.15, -0.1) is 0 Å². The second-order valence-electron chi connectivity index (χ2n) is 6.07. The summed E-state index contributed by atoms with van der Waals surface area (Å²) in [6, 6.07) is 6.85. The Hall–Kier alpha value is -1.55. The maximum absolute atomic E-state index is 13.3. The number of aryl methyl sites for hydroxylation is 1. The summed E-state index contributed by atoms with van der Waals surface area (Å²) in [5.41, 5.74) is 1.72. The summed E-state index contributed by atoms with van der Waals surface area (Å²) >= 11 is 6.07. The van der Waals surface area contributed by atoms with Gasteiger partial charge in [0.1, 0.15) is 0 Å². The van der Waals surface area contributed by atoms with E-state index in [1.807, 2.05) is 19.1 Å². The van der Waals surface area contributed by atoms with Crippen molar-refractivity contribution < 1.29 is 13.2 Å². The lowest BCUT2D eigenvalue weighted by molar-refractivity contribution is -0.140. The molecule has 0 N–H and O–H groups in total. The molecule has 0 spiro atoms. The Bertz CT molecular complexity index is 710. The summed E-state index contributed by atoms with van der Waals surface area (Å²) in [5.74, 6) is 0.536. The van der Waals surface area contributed by atoms with Crippen molar-refractivity contribution >= 4 is 11.6 Å². The zero-order valence-corrected chi connectivity index (χ0v) is 14.8. The Morgan fingerprint density at radius 2 is 1.83 bits per heavy atom. The smallest absolute Gasteiger partial charge is 0.251 e. The molecule has 1 atom stereocenters. The van der Waals surface area contributed by atoms with Gasteiger partial charge >= 0.3 is 6.18 Å². The minimum Gasteiger partial charge on any atom is -0.251 e. The van der Waals surface area contributed by atoms with Crippen molar-refractivity contribution in [3.63, 3.8) is 0 Å². The lowest BCUT2D eigenvalue weighted by Gasteiger charge is -2.17.